The van der Waals surface area contributed by atoms with Crippen molar-refractivity contribution in [3.05, 3.63) is 0 Å². The van der Waals surface area contributed by atoms with Gasteiger partial charge in [0.15, 0.2) is 0 Å². The van der Waals surface area contributed by atoms with Crippen molar-refractivity contribution in [2.24, 2.45) is 5.92 Å². The molecule has 0 atom stereocenters. The van der Waals surface area contributed by atoms with E-state index >= 15 is 0 Å². The summed E-state index contributed by atoms with van der Waals surface area (Å²) in [6, 6.07) is 0. The predicted octanol–water partition coefficient (Wildman–Crippen LogP) is 2.50. The second kappa shape index (κ2) is 8.12. The molecule has 1 rings (SSSR count). The van der Waals surface area contributed by atoms with Gasteiger partial charge in [0.1, 0.15) is 0 Å². The molecular weight excluding hydrogens is 184 g/mol. The van der Waals surface area contributed by atoms with Crippen molar-refractivity contribution in [3.63, 3.8) is 0 Å². The van der Waals surface area contributed by atoms with Crippen LogP contribution in [-0.4, -0.2) is 37.6 Å². The average Bonchev–Trinajstić information content (AvgIpc) is 3.05. The van der Waals surface area contributed by atoms with Crippen molar-refractivity contribution in [1.82, 2.24) is 10.2 Å². The Morgan fingerprint density at radius 1 is 1.13 bits per heavy atom. The molecule has 15 heavy (non-hydrogen) atoms. The molecule has 1 saturated carbocycles. The van der Waals surface area contributed by atoms with Gasteiger partial charge in [0.2, 0.25) is 0 Å². The van der Waals surface area contributed by atoms with Crippen molar-refractivity contribution in [1.29, 1.82) is 0 Å². The first-order chi connectivity index (χ1) is 7.36. The number of hydrogen-bond acceptors (Lipinski definition) is 2. The summed E-state index contributed by atoms with van der Waals surface area (Å²) in [6.07, 6.45) is 6.91. The van der Waals surface area contributed by atoms with Crippen molar-refractivity contribution < 1.29 is 0 Å². The highest BCUT2D eigenvalue weighted by molar-refractivity contribution is 4.76. The third-order valence-electron chi connectivity index (χ3n) is 3.17. The van der Waals surface area contributed by atoms with Gasteiger partial charge in [-0.25, -0.2) is 0 Å². The minimum atomic E-state index is 1.04. The molecule has 0 aliphatic heterocycles. The van der Waals surface area contributed by atoms with Crippen LogP contribution < -0.4 is 5.32 Å². The summed E-state index contributed by atoms with van der Waals surface area (Å²) in [5, 5.41) is 3.46. The molecule has 0 radical (unpaired) electrons. The number of unbranched alkanes of at least 4 members (excludes halogenated alkanes) is 1. The largest absolute Gasteiger partial charge is 0.317 e. The summed E-state index contributed by atoms with van der Waals surface area (Å²) in [4.78, 5) is 2.62. The summed E-state index contributed by atoms with van der Waals surface area (Å²) < 4.78 is 0. The van der Waals surface area contributed by atoms with Crippen molar-refractivity contribution >= 4 is 0 Å². The van der Waals surface area contributed by atoms with E-state index < -0.39 is 0 Å². The normalized spacial score (nSPS) is 16.2. The standard InChI is InChI=1S/C13H28N2/c1-3-9-14-10-5-6-11-15(4-2)12-13-7-8-13/h13-14H,3-12H2,1-2H3. The molecule has 0 aromatic carbocycles. The Morgan fingerprint density at radius 2 is 1.93 bits per heavy atom. The molecule has 90 valence electrons. The van der Waals surface area contributed by atoms with Crippen LogP contribution in [0.1, 0.15) is 46.0 Å². The Hall–Kier alpha value is -0.0800. The molecule has 0 bridgehead atoms. The van der Waals surface area contributed by atoms with Gasteiger partial charge in [-0.1, -0.05) is 13.8 Å². The fourth-order valence-corrected chi connectivity index (χ4v) is 1.93. The Labute approximate surface area is 95.4 Å². The second-order valence-electron chi connectivity index (χ2n) is 4.79. The zero-order chi connectivity index (χ0) is 10.9. The average molecular weight is 212 g/mol. The van der Waals surface area contributed by atoms with Crippen LogP contribution in [0.4, 0.5) is 0 Å². The van der Waals surface area contributed by atoms with E-state index in [4.69, 9.17) is 0 Å². The lowest BCUT2D eigenvalue weighted by Crippen LogP contribution is -2.27. The van der Waals surface area contributed by atoms with E-state index in [1.807, 2.05) is 0 Å². The summed E-state index contributed by atoms with van der Waals surface area (Å²) in [7, 11) is 0. The highest BCUT2D eigenvalue weighted by atomic mass is 15.1. The zero-order valence-corrected chi connectivity index (χ0v) is 10.6. The fraction of sp³-hybridized carbons (Fsp3) is 1.00. The maximum atomic E-state index is 3.46. The van der Waals surface area contributed by atoms with Crippen LogP contribution in [0.2, 0.25) is 0 Å². The highest BCUT2D eigenvalue weighted by Crippen LogP contribution is 2.29. The predicted molar refractivity (Wildman–Crippen MR) is 67.2 cm³/mol. The van der Waals surface area contributed by atoms with Gasteiger partial charge in [0.25, 0.3) is 0 Å². The highest BCUT2D eigenvalue weighted by Gasteiger charge is 2.23. The quantitative estimate of drug-likeness (QED) is 0.560. The van der Waals surface area contributed by atoms with Crippen molar-refractivity contribution in [2.75, 3.05) is 32.7 Å². The summed E-state index contributed by atoms with van der Waals surface area (Å²) in [5.74, 6) is 1.04. The Kier molecular flexibility index (Phi) is 7.03. The minimum absolute atomic E-state index is 1.04. The smallest absolute Gasteiger partial charge is 0.000954 e. The van der Waals surface area contributed by atoms with Gasteiger partial charge >= 0.3 is 0 Å². The molecule has 2 nitrogen and oxygen atoms in total. The lowest BCUT2D eigenvalue weighted by molar-refractivity contribution is 0.270. The molecule has 0 spiro atoms. The maximum absolute atomic E-state index is 3.46. The zero-order valence-electron chi connectivity index (χ0n) is 10.6. The van der Waals surface area contributed by atoms with E-state index in [0.717, 1.165) is 5.92 Å². The molecule has 2 heteroatoms. The van der Waals surface area contributed by atoms with E-state index in [1.54, 1.807) is 0 Å². The topological polar surface area (TPSA) is 15.3 Å². The molecule has 0 aromatic rings. The van der Waals surface area contributed by atoms with Gasteiger partial charge in [-0.2, -0.15) is 0 Å². The first kappa shape index (κ1) is 13.0. The molecular formula is C13H28N2. The number of nitrogens with zero attached hydrogens (tertiary/aromatic N) is 1. The van der Waals surface area contributed by atoms with Crippen LogP contribution in [0.15, 0.2) is 0 Å². The van der Waals surface area contributed by atoms with Crippen LogP contribution in [0.5, 0.6) is 0 Å². The monoisotopic (exact) mass is 212 g/mol. The van der Waals surface area contributed by atoms with E-state index in [-0.39, 0.29) is 0 Å². The lowest BCUT2D eigenvalue weighted by Gasteiger charge is -2.19. The fourth-order valence-electron chi connectivity index (χ4n) is 1.93. The van der Waals surface area contributed by atoms with Crippen LogP contribution >= 0.6 is 0 Å². The summed E-state index contributed by atoms with van der Waals surface area (Å²) in [5.41, 5.74) is 0. The van der Waals surface area contributed by atoms with Gasteiger partial charge in [-0.05, 0) is 64.2 Å². The lowest BCUT2D eigenvalue weighted by atomic mass is 10.2. The third kappa shape index (κ3) is 6.91. The molecule has 0 heterocycles. The summed E-state index contributed by atoms with van der Waals surface area (Å²) in [6.45, 7) is 10.8. The molecule has 0 amide bonds. The number of rotatable bonds is 10. The van der Waals surface area contributed by atoms with Crippen LogP contribution in [0.3, 0.4) is 0 Å². The van der Waals surface area contributed by atoms with Gasteiger partial charge in [-0.3, -0.25) is 0 Å². The van der Waals surface area contributed by atoms with Crippen LogP contribution in [0, 0.1) is 5.92 Å². The molecule has 1 fully saturated rings. The van der Waals surface area contributed by atoms with Gasteiger partial charge < -0.3 is 10.2 Å². The maximum Gasteiger partial charge on any atom is 0.000954 e. The first-order valence-electron chi connectivity index (χ1n) is 6.79. The molecule has 1 aliphatic rings. The molecule has 1 aliphatic carbocycles. The van der Waals surface area contributed by atoms with Gasteiger partial charge in [-0.15, -0.1) is 0 Å². The molecule has 1 N–H and O–H groups in total. The van der Waals surface area contributed by atoms with E-state index in [0.29, 0.717) is 0 Å². The third-order valence-corrected chi connectivity index (χ3v) is 3.17. The number of nitrogens with one attached hydrogen (secondary N) is 1. The van der Waals surface area contributed by atoms with E-state index in [9.17, 15) is 0 Å². The Morgan fingerprint density at radius 3 is 2.53 bits per heavy atom. The summed E-state index contributed by atoms with van der Waals surface area (Å²) >= 11 is 0. The Balaban J connectivity index is 1.87. The SMILES string of the molecule is CCCNCCCCN(CC)CC1CC1. The van der Waals surface area contributed by atoms with Crippen LogP contribution in [0.25, 0.3) is 0 Å². The molecule has 0 saturated heterocycles. The van der Waals surface area contributed by atoms with Gasteiger partial charge in [0.05, 0.1) is 0 Å². The molecule has 0 aromatic heterocycles. The second-order valence-corrected chi connectivity index (χ2v) is 4.79. The minimum Gasteiger partial charge on any atom is -0.317 e. The van der Waals surface area contributed by atoms with Crippen molar-refractivity contribution in [2.45, 2.75) is 46.0 Å². The van der Waals surface area contributed by atoms with Gasteiger partial charge in [0, 0.05) is 6.54 Å². The van der Waals surface area contributed by atoms with E-state index in [2.05, 4.69) is 24.1 Å². The number of hydrogen-bond donors (Lipinski definition) is 1. The first-order valence-corrected chi connectivity index (χ1v) is 6.79. The van der Waals surface area contributed by atoms with Crippen LogP contribution in [-0.2, 0) is 0 Å². The van der Waals surface area contributed by atoms with E-state index in [1.165, 1.54) is 64.8 Å². The van der Waals surface area contributed by atoms with Crippen molar-refractivity contribution in [3.8, 4) is 0 Å². The molecule has 0 unspecified atom stereocenters. The Bertz CT molecular complexity index is 143.